The van der Waals surface area contributed by atoms with Crippen LogP contribution in [0.1, 0.15) is 32.6 Å². The SMILES string of the molecule is CCC1CCC2=C(C1)C(=O)C1=CC=CC3OC13C2=O. The molecule has 4 rings (SSSR count). The monoisotopic (exact) mass is 256 g/mol. The van der Waals surface area contributed by atoms with E-state index in [0.29, 0.717) is 11.5 Å². The van der Waals surface area contributed by atoms with Gasteiger partial charge in [0.05, 0.1) is 0 Å². The first-order chi connectivity index (χ1) is 9.18. The molecule has 4 aliphatic rings. The predicted molar refractivity (Wildman–Crippen MR) is 69.5 cm³/mol. The van der Waals surface area contributed by atoms with Crippen molar-refractivity contribution in [2.75, 3.05) is 0 Å². The summed E-state index contributed by atoms with van der Waals surface area (Å²) in [6.45, 7) is 2.15. The first-order valence-corrected chi connectivity index (χ1v) is 7.06. The smallest absolute Gasteiger partial charge is 0.198 e. The molecule has 1 heterocycles. The molecule has 0 radical (unpaired) electrons. The van der Waals surface area contributed by atoms with Crippen molar-refractivity contribution in [1.82, 2.24) is 0 Å². The summed E-state index contributed by atoms with van der Waals surface area (Å²) in [4.78, 5) is 25.3. The lowest BCUT2D eigenvalue weighted by molar-refractivity contribution is -0.124. The zero-order valence-corrected chi connectivity index (χ0v) is 10.9. The molecule has 0 aromatic heterocycles. The minimum Gasteiger partial charge on any atom is -0.348 e. The predicted octanol–water partition coefficient (Wildman–Crippen LogP) is 2.28. The normalized spacial score (nSPS) is 39.5. The molecule has 0 saturated carbocycles. The molecular weight excluding hydrogens is 240 g/mol. The number of ketones is 2. The van der Waals surface area contributed by atoms with Crippen LogP contribution in [0.2, 0.25) is 0 Å². The molecule has 0 bridgehead atoms. The van der Waals surface area contributed by atoms with Gasteiger partial charge in [0.2, 0.25) is 0 Å². The maximum Gasteiger partial charge on any atom is 0.198 e. The van der Waals surface area contributed by atoms with Crippen molar-refractivity contribution in [3.05, 3.63) is 34.9 Å². The van der Waals surface area contributed by atoms with Gasteiger partial charge in [-0.25, -0.2) is 0 Å². The average Bonchev–Trinajstić information content (AvgIpc) is 3.19. The van der Waals surface area contributed by atoms with E-state index in [4.69, 9.17) is 4.74 Å². The number of ether oxygens (including phenoxy) is 1. The lowest BCUT2D eigenvalue weighted by atomic mass is 9.68. The van der Waals surface area contributed by atoms with Crippen LogP contribution in [-0.2, 0) is 14.3 Å². The summed E-state index contributed by atoms with van der Waals surface area (Å²) in [5, 5.41) is 0. The summed E-state index contributed by atoms with van der Waals surface area (Å²) in [5.41, 5.74) is 1.17. The van der Waals surface area contributed by atoms with Gasteiger partial charge in [0.1, 0.15) is 6.10 Å². The molecule has 0 N–H and O–H groups in total. The summed E-state index contributed by atoms with van der Waals surface area (Å²) < 4.78 is 5.59. The van der Waals surface area contributed by atoms with E-state index in [2.05, 4.69) is 6.92 Å². The highest BCUT2D eigenvalue weighted by Gasteiger charge is 2.68. The van der Waals surface area contributed by atoms with Crippen LogP contribution in [0.4, 0.5) is 0 Å². The second kappa shape index (κ2) is 3.54. The molecule has 3 heteroatoms. The summed E-state index contributed by atoms with van der Waals surface area (Å²) in [6, 6.07) is 0. The number of epoxide rings is 1. The minimum absolute atomic E-state index is 0.0530. The van der Waals surface area contributed by atoms with Gasteiger partial charge in [-0.15, -0.1) is 0 Å². The van der Waals surface area contributed by atoms with Gasteiger partial charge >= 0.3 is 0 Å². The highest BCUT2D eigenvalue weighted by Crippen LogP contribution is 2.54. The number of carbonyl (C=O) groups is 2. The van der Waals surface area contributed by atoms with Crippen molar-refractivity contribution in [3.63, 3.8) is 0 Å². The topological polar surface area (TPSA) is 46.7 Å². The quantitative estimate of drug-likeness (QED) is 0.676. The van der Waals surface area contributed by atoms with E-state index in [0.717, 1.165) is 36.8 Å². The molecule has 1 spiro atoms. The van der Waals surface area contributed by atoms with Gasteiger partial charge < -0.3 is 4.74 Å². The summed E-state index contributed by atoms with van der Waals surface area (Å²) in [5.74, 6) is 0.650. The maximum atomic E-state index is 12.7. The largest absolute Gasteiger partial charge is 0.348 e. The van der Waals surface area contributed by atoms with Gasteiger partial charge in [0, 0.05) is 16.7 Å². The molecule has 0 amide bonds. The summed E-state index contributed by atoms with van der Waals surface area (Å²) >= 11 is 0. The highest BCUT2D eigenvalue weighted by atomic mass is 16.6. The fraction of sp³-hybridized carbons (Fsp3) is 0.500. The van der Waals surface area contributed by atoms with E-state index in [1.165, 1.54) is 0 Å². The molecule has 3 aliphatic carbocycles. The van der Waals surface area contributed by atoms with Crippen LogP contribution < -0.4 is 0 Å². The molecule has 3 unspecified atom stereocenters. The fourth-order valence-electron chi connectivity index (χ4n) is 3.71. The summed E-state index contributed by atoms with van der Waals surface area (Å²) in [7, 11) is 0. The highest BCUT2D eigenvalue weighted by molar-refractivity contribution is 6.27. The maximum absolute atomic E-state index is 12.7. The Morgan fingerprint density at radius 3 is 3.00 bits per heavy atom. The van der Waals surface area contributed by atoms with Crippen molar-refractivity contribution in [2.24, 2.45) is 5.92 Å². The van der Waals surface area contributed by atoms with Gasteiger partial charge in [-0.1, -0.05) is 31.6 Å². The van der Waals surface area contributed by atoms with Crippen LogP contribution in [0, 0.1) is 5.92 Å². The average molecular weight is 256 g/mol. The minimum atomic E-state index is -0.927. The standard InChI is InChI=1S/C16H16O3/c1-2-9-6-7-10-11(8-9)14(17)12-4-3-5-13-16(12,19-13)15(10)18/h3-5,9,13H,2,6-8H2,1H3. The molecule has 1 saturated heterocycles. The first kappa shape index (κ1) is 11.4. The van der Waals surface area contributed by atoms with Gasteiger partial charge in [-0.3, -0.25) is 9.59 Å². The molecule has 0 aromatic carbocycles. The van der Waals surface area contributed by atoms with Crippen LogP contribution in [0.3, 0.4) is 0 Å². The number of carbonyl (C=O) groups excluding carboxylic acids is 2. The lowest BCUT2D eigenvalue weighted by Gasteiger charge is -2.32. The molecule has 1 fully saturated rings. The van der Waals surface area contributed by atoms with Crippen LogP contribution in [0.25, 0.3) is 0 Å². The Balaban J connectivity index is 1.83. The Morgan fingerprint density at radius 2 is 2.21 bits per heavy atom. The Hall–Kier alpha value is -1.48. The van der Waals surface area contributed by atoms with E-state index >= 15 is 0 Å². The van der Waals surface area contributed by atoms with Crippen LogP contribution in [0.15, 0.2) is 34.9 Å². The molecule has 1 aliphatic heterocycles. The number of hydrogen-bond donors (Lipinski definition) is 0. The third-order valence-electron chi connectivity index (χ3n) is 4.97. The molecule has 3 atom stereocenters. The van der Waals surface area contributed by atoms with Crippen LogP contribution >= 0.6 is 0 Å². The van der Waals surface area contributed by atoms with Gasteiger partial charge in [0.25, 0.3) is 0 Å². The van der Waals surface area contributed by atoms with Gasteiger partial charge in [-0.2, -0.15) is 0 Å². The molecular formula is C16H16O3. The van der Waals surface area contributed by atoms with Crippen LogP contribution in [0.5, 0.6) is 0 Å². The Morgan fingerprint density at radius 1 is 1.37 bits per heavy atom. The molecule has 3 nitrogen and oxygen atoms in total. The third-order valence-corrected chi connectivity index (χ3v) is 4.97. The lowest BCUT2D eigenvalue weighted by Crippen LogP contribution is -2.42. The molecule has 19 heavy (non-hydrogen) atoms. The van der Waals surface area contributed by atoms with Crippen molar-refractivity contribution in [2.45, 2.75) is 44.3 Å². The number of hydrogen-bond acceptors (Lipinski definition) is 3. The van der Waals surface area contributed by atoms with Crippen molar-refractivity contribution in [3.8, 4) is 0 Å². The Bertz CT molecular complexity index is 593. The third kappa shape index (κ3) is 1.26. The van der Waals surface area contributed by atoms with Crippen molar-refractivity contribution >= 4 is 11.6 Å². The zero-order chi connectivity index (χ0) is 13.2. The second-order valence-corrected chi connectivity index (χ2v) is 5.87. The summed E-state index contributed by atoms with van der Waals surface area (Å²) in [6.07, 6.45) is 8.86. The van der Waals surface area contributed by atoms with E-state index in [1.54, 1.807) is 6.08 Å². The van der Waals surface area contributed by atoms with Crippen LogP contribution in [-0.4, -0.2) is 23.3 Å². The molecule has 98 valence electrons. The van der Waals surface area contributed by atoms with Crippen molar-refractivity contribution in [1.29, 1.82) is 0 Å². The second-order valence-electron chi connectivity index (χ2n) is 5.87. The van der Waals surface area contributed by atoms with E-state index in [9.17, 15) is 9.59 Å². The number of allylic oxidation sites excluding steroid dienone is 3. The van der Waals surface area contributed by atoms with Gasteiger partial charge in [0.15, 0.2) is 17.2 Å². The zero-order valence-electron chi connectivity index (χ0n) is 10.9. The fourth-order valence-corrected chi connectivity index (χ4v) is 3.71. The number of rotatable bonds is 1. The Kier molecular flexibility index (Phi) is 2.12. The van der Waals surface area contributed by atoms with E-state index in [1.807, 2.05) is 12.2 Å². The Labute approximate surface area is 112 Å². The molecule has 0 aromatic rings. The first-order valence-electron chi connectivity index (χ1n) is 7.06. The number of Topliss-reactive ketones (excluding diaryl/α,β-unsaturated/α-hetero) is 2. The van der Waals surface area contributed by atoms with Crippen molar-refractivity contribution < 1.29 is 14.3 Å². The van der Waals surface area contributed by atoms with E-state index < -0.39 is 5.60 Å². The van der Waals surface area contributed by atoms with Gasteiger partial charge in [-0.05, 0) is 25.2 Å². The van der Waals surface area contributed by atoms with E-state index in [-0.39, 0.29) is 17.7 Å².